The topological polar surface area (TPSA) is 91.0 Å². The van der Waals surface area contributed by atoms with Gasteiger partial charge in [0, 0.05) is 32.9 Å². The van der Waals surface area contributed by atoms with Crippen LogP contribution in [0, 0.1) is 0 Å². The number of carbonyl (C=O) groups is 1. The first-order valence-electron chi connectivity index (χ1n) is 5.13. The lowest BCUT2D eigenvalue weighted by atomic mass is 10.4. The second-order valence-corrected chi connectivity index (χ2v) is 6.36. The fourth-order valence-electron chi connectivity index (χ4n) is 0.875. The molecule has 0 spiro atoms. The fourth-order valence-corrected chi connectivity index (χ4v) is 2.62. The summed E-state index contributed by atoms with van der Waals surface area (Å²) in [6.07, 6.45) is 0.877. The molecule has 0 fully saturated rings. The number of hydrogen-bond donors (Lipinski definition) is 2. The molecule has 0 radical (unpaired) electrons. The van der Waals surface area contributed by atoms with E-state index in [-0.39, 0.29) is 5.57 Å². The monoisotopic (exact) mass is 265 g/mol. The van der Waals surface area contributed by atoms with E-state index in [1.165, 1.54) is 6.92 Å². The summed E-state index contributed by atoms with van der Waals surface area (Å²) in [6.45, 7) is 5.25. The molecule has 0 unspecified atom stereocenters. The van der Waals surface area contributed by atoms with Crippen LogP contribution in [0.3, 0.4) is 0 Å². The smallest absolute Gasteiger partial charge is 0.478 e. The average Bonchev–Trinajstić information content (AvgIpc) is 2.32. The molecular weight excluding hydrogens is 242 g/mol. The molecule has 0 atom stereocenters. The Labute approximate surface area is 104 Å². The van der Waals surface area contributed by atoms with E-state index in [4.69, 9.17) is 24.1 Å². The molecule has 0 aromatic rings. The van der Waals surface area contributed by atoms with Crippen LogP contribution < -0.4 is 5.73 Å². The highest BCUT2D eigenvalue weighted by Gasteiger charge is 2.36. The summed E-state index contributed by atoms with van der Waals surface area (Å²) in [4.78, 5) is 9.60. The molecule has 0 bridgehead atoms. The predicted octanol–water partition coefficient (Wildman–Crippen LogP) is 0.860. The minimum Gasteiger partial charge on any atom is -0.478 e. The van der Waals surface area contributed by atoms with E-state index in [2.05, 4.69) is 6.58 Å². The van der Waals surface area contributed by atoms with E-state index in [0.29, 0.717) is 6.54 Å². The summed E-state index contributed by atoms with van der Waals surface area (Å²) in [5, 5.41) is 7.89. The van der Waals surface area contributed by atoms with E-state index >= 15 is 0 Å². The number of aliphatic carboxylic acids is 1. The average molecular weight is 265 g/mol. The van der Waals surface area contributed by atoms with Gasteiger partial charge in [0.05, 0.1) is 0 Å². The normalized spacial score (nSPS) is 10.4. The number of carboxylic acid groups (broad SMARTS) is 1. The van der Waals surface area contributed by atoms with Crippen molar-refractivity contribution < 1.29 is 23.2 Å². The maximum absolute atomic E-state index is 9.60. The molecule has 0 amide bonds. The molecule has 0 saturated carbocycles. The molecule has 0 saturated heterocycles. The summed E-state index contributed by atoms with van der Waals surface area (Å²) in [5.74, 6) is -0.935. The van der Waals surface area contributed by atoms with Gasteiger partial charge in [0.2, 0.25) is 0 Å². The van der Waals surface area contributed by atoms with Crippen molar-refractivity contribution in [2.75, 3.05) is 27.9 Å². The third-order valence-electron chi connectivity index (χ3n) is 1.99. The van der Waals surface area contributed by atoms with Gasteiger partial charge in [-0.25, -0.2) is 4.79 Å². The zero-order chi connectivity index (χ0) is 13.9. The third kappa shape index (κ3) is 9.01. The predicted molar refractivity (Wildman–Crippen MR) is 67.7 cm³/mol. The van der Waals surface area contributed by atoms with Crippen molar-refractivity contribution in [2.24, 2.45) is 5.73 Å². The number of carboxylic acids is 1. The van der Waals surface area contributed by atoms with Crippen LogP contribution in [0.1, 0.15) is 13.3 Å². The summed E-state index contributed by atoms with van der Waals surface area (Å²) < 4.78 is 15.5. The van der Waals surface area contributed by atoms with Gasteiger partial charge in [0.15, 0.2) is 0 Å². The van der Waals surface area contributed by atoms with Crippen molar-refractivity contribution in [3.8, 4) is 0 Å². The van der Waals surface area contributed by atoms with Crippen molar-refractivity contribution in [1.82, 2.24) is 0 Å². The number of rotatable bonds is 7. The van der Waals surface area contributed by atoms with Crippen LogP contribution in [0.25, 0.3) is 0 Å². The first-order chi connectivity index (χ1) is 7.89. The van der Waals surface area contributed by atoms with Crippen LogP contribution in [0.5, 0.6) is 0 Å². The van der Waals surface area contributed by atoms with Crippen molar-refractivity contribution in [3.05, 3.63) is 12.2 Å². The van der Waals surface area contributed by atoms with Crippen LogP contribution >= 0.6 is 0 Å². The van der Waals surface area contributed by atoms with Gasteiger partial charge in [-0.3, -0.25) is 0 Å². The fraction of sp³-hybridized carbons (Fsp3) is 0.700. The second-order valence-electron chi connectivity index (χ2n) is 3.27. The molecular formula is C10H23NO5Si. The van der Waals surface area contributed by atoms with Gasteiger partial charge in [0.25, 0.3) is 0 Å². The summed E-state index contributed by atoms with van der Waals surface area (Å²) in [6, 6.07) is 0.785. The summed E-state index contributed by atoms with van der Waals surface area (Å²) in [7, 11) is 2.50. The molecule has 0 rings (SSSR count). The zero-order valence-electron chi connectivity index (χ0n) is 11.0. The van der Waals surface area contributed by atoms with Gasteiger partial charge >= 0.3 is 14.8 Å². The van der Waals surface area contributed by atoms with Gasteiger partial charge in [-0.1, -0.05) is 6.58 Å². The van der Waals surface area contributed by atoms with Crippen molar-refractivity contribution in [2.45, 2.75) is 19.4 Å². The van der Waals surface area contributed by atoms with Gasteiger partial charge in [-0.2, -0.15) is 0 Å². The highest BCUT2D eigenvalue weighted by atomic mass is 28.4. The Bertz CT molecular complexity index is 210. The van der Waals surface area contributed by atoms with E-state index in [9.17, 15) is 4.79 Å². The molecule has 0 aromatic heterocycles. The lowest BCUT2D eigenvalue weighted by molar-refractivity contribution is -0.132. The molecule has 17 heavy (non-hydrogen) atoms. The lowest BCUT2D eigenvalue weighted by Gasteiger charge is -2.23. The Kier molecular flexibility index (Phi) is 11.4. The first kappa shape index (κ1) is 18.6. The summed E-state index contributed by atoms with van der Waals surface area (Å²) >= 11 is 0. The number of hydrogen-bond acceptors (Lipinski definition) is 5. The van der Waals surface area contributed by atoms with Crippen molar-refractivity contribution in [1.29, 1.82) is 0 Å². The Morgan fingerprint density at radius 3 is 1.82 bits per heavy atom. The largest absolute Gasteiger partial charge is 0.500 e. The van der Waals surface area contributed by atoms with Crippen LogP contribution in [-0.2, 0) is 18.1 Å². The minimum absolute atomic E-state index is 0.176. The van der Waals surface area contributed by atoms with Gasteiger partial charge in [0.1, 0.15) is 0 Å². The lowest BCUT2D eigenvalue weighted by Crippen LogP contribution is -2.42. The standard InChI is InChI=1S/C6H17NO3Si.C4H6O2/c1-8-11(9-2,10-3)6-4-5-7;1-3(2)4(5)6/h4-7H2,1-3H3;1H2,2H3,(H,5,6). The van der Waals surface area contributed by atoms with Crippen LogP contribution in [0.4, 0.5) is 0 Å². The molecule has 0 aliphatic carbocycles. The van der Waals surface area contributed by atoms with Crippen molar-refractivity contribution >= 4 is 14.8 Å². The molecule has 7 heteroatoms. The molecule has 0 aliphatic heterocycles. The first-order valence-corrected chi connectivity index (χ1v) is 7.06. The Morgan fingerprint density at radius 1 is 1.29 bits per heavy atom. The van der Waals surface area contributed by atoms with Crippen LogP contribution in [0.15, 0.2) is 12.2 Å². The second kappa shape index (κ2) is 10.4. The highest BCUT2D eigenvalue weighted by Crippen LogP contribution is 2.13. The Hall–Kier alpha value is -0.733. The van der Waals surface area contributed by atoms with E-state index in [0.717, 1.165) is 12.5 Å². The van der Waals surface area contributed by atoms with Gasteiger partial charge in [-0.15, -0.1) is 0 Å². The van der Waals surface area contributed by atoms with Gasteiger partial charge in [-0.05, 0) is 19.9 Å². The van der Waals surface area contributed by atoms with E-state index in [1.54, 1.807) is 21.3 Å². The SMILES string of the molecule is C=C(C)C(=O)O.CO[Si](CCCN)(OC)OC. The Morgan fingerprint density at radius 2 is 1.65 bits per heavy atom. The molecule has 0 aromatic carbocycles. The molecule has 0 heterocycles. The summed E-state index contributed by atoms with van der Waals surface area (Å²) in [5.41, 5.74) is 5.53. The molecule has 102 valence electrons. The molecule has 0 aliphatic rings. The third-order valence-corrected chi connectivity index (χ3v) is 4.82. The van der Waals surface area contributed by atoms with Crippen LogP contribution in [0.2, 0.25) is 6.04 Å². The van der Waals surface area contributed by atoms with Crippen molar-refractivity contribution in [3.63, 3.8) is 0 Å². The maximum Gasteiger partial charge on any atom is 0.500 e. The van der Waals surface area contributed by atoms with E-state index in [1.807, 2.05) is 0 Å². The Balaban J connectivity index is 0. The molecule has 6 nitrogen and oxygen atoms in total. The highest BCUT2D eigenvalue weighted by molar-refractivity contribution is 6.60. The van der Waals surface area contributed by atoms with E-state index < -0.39 is 14.8 Å². The zero-order valence-corrected chi connectivity index (χ0v) is 12.0. The maximum atomic E-state index is 9.60. The van der Waals surface area contributed by atoms with Gasteiger partial charge < -0.3 is 24.1 Å². The minimum atomic E-state index is -2.32. The molecule has 3 N–H and O–H groups in total. The quantitative estimate of drug-likeness (QED) is 0.524. The number of nitrogens with two attached hydrogens (primary N) is 1. The van der Waals surface area contributed by atoms with Crippen LogP contribution in [-0.4, -0.2) is 47.8 Å².